The summed E-state index contributed by atoms with van der Waals surface area (Å²) in [7, 11) is 0. The Morgan fingerprint density at radius 3 is 2.40 bits per heavy atom. The van der Waals surface area contributed by atoms with Crippen molar-refractivity contribution in [3.05, 3.63) is 138 Å². The summed E-state index contributed by atoms with van der Waals surface area (Å²) in [6.07, 6.45) is 2.04. The van der Waals surface area contributed by atoms with Crippen LogP contribution in [-0.2, 0) is 0 Å². The van der Waals surface area contributed by atoms with E-state index in [1.807, 2.05) is 102 Å². The van der Waals surface area contributed by atoms with Crippen molar-refractivity contribution < 1.29 is 5.11 Å². The molecule has 0 aliphatic heterocycles. The van der Waals surface area contributed by atoms with Gasteiger partial charge in [-0.25, -0.2) is 9.67 Å². The first-order valence-electron chi connectivity index (χ1n) is 12.9. The van der Waals surface area contributed by atoms with Crippen molar-refractivity contribution >= 4 is 49.1 Å². The van der Waals surface area contributed by atoms with Gasteiger partial charge in [0.05, 0.1) is 27.6 Å². The average Bonchev–Trinajstić information content (AvgIpc) is 3.61. The number of hydrogen-bond donors (Lipinski definition) is 2. The molecule has 5 nitrogen and oxygen atoms in total. The molecule has 0 fully saturated rings. The molecule has 0 bridgehead atoms. The zero-order valence-electron chi connectivity index (χ0n) is 21.2. The fourth-order valence-electron chi connectivity index (χ4n) is 5.11. The van der Waals surface area contributed by atoms with Gasteiger partial charge in [0.25, 0.3) is 0 Å². The largest absolute Gasteiger partial charge is 0.508 e. The average molecular weight is 559 g/mol. The number of phenolic OH excluding ortho intramolecular Hbond substituents is 1. The van der Waals surface area contributed by atoms with Crippen LogP contribution in [0.4, 0.5) is 5.13 Å². The van der Waals surface area contributed by atoms with Crippen molar-refractivity contribution in [2.24, 2.45) is 0 Å². The zero-order chi connectivity index (χ0) is 27.1. The Bertz CT molecular complexity index is 1970. The summed E-state index contributed by atoms with van der Waals surface area (Å²) in [6.45, 7) is 0. The van der Waals surface area contributed by atoms with Crippen LogP contribution in [0.5, 0.6) is 5.75 Å². The van der Waals surface area contributed by atoms with Crippen LogP contribution in [0.3, 0.4) is 0 Å². The first-order valence-corrected chi connectivity index (χ1v) is 14.1. The molecule has 194 valence electrons. The Morgan fingerprint density at radius 2 is 1.57 bits per heavy atom. The molecular weight excluding hydrogens is 536 g/mol. The highest BCUT2D eigenvalue weighted by Crippen LogP contribution is 2.42. The molecule has 7 heteroatoms. The highest BCUT2D eigenvalue weighted by molar-refractivity contribution is 7.22. The lowest BCUT2D eigenvalue weighted by Crippen LogP contribution is -2.13. The minimum Gasteiger partial charge on any atom is -0.508 e. The summed E-state index contributed by atoms with van der Waals surface area (Å²) in [4.78, 5) is 4.86. The number of anilines is 1. The van der Waals surface area contributed by atoms with E-state index >= 15 is 0 Å². The molecule has 1 unspecified atom stereocenters. The molecule has 2 heterocycles. The lowest BCUT2D eigenvalue weighted by molar-refractivity contribution is 0.468. The molecular formula is C33H23ClN4OS. The van der Waals surface area contributed by atoms with Gasteiger partial charge in [0.15, 0.2) is 5.13 Å². The van der Waals surface area contributed by atoms with Gasteiger partial charge in [-0.05, 0) is 47.2 Å². The topological polar surface area (TPSA) is 63.0 Å². The van der Waals surface area contributed by atoms with E-state index in [1.165, 1.54) is 11.3 Å². The van der Waals surface area contributed by atoms with Gasteiger partial charge in [-0.15, -0.1) is 0 Å². The maximum absolute atomic E-state index is 11.4. The highest BCUT2D eigenvalue weighted by atomic mass is 35.5. The Balaban J connectivity index is 1.48. The molecule has 0 saturated heterocycles. The Kier molecular flexibility index (Phi) is 6.19. The number of aromatic nitrogens is 3. The van der Waals surface area contributed by atoms with Crippen molar-refractivity contribution in [2.75, 3.05) is 5.32 Å². The van der Waals surface area contributed by atoms with E-state index in [4.69, 9.17) is 21.7 Å². The van der Waals surface area contributed by atoms with Gasteiger partial charge in [0, 0.05) is 27.9 Å². The molecule has 7 rings (SSSR count). The Labute approximate surface area is 240 Å². The van der Waals surface area contributed by atoms with E-state index in [9.17, 15) is 5.11 Å². The minimum absolute atomic E-state index is 0.201. The van der Waals surface area contributed by atoms with Gasteiger partial charge >= 0.3 is 0 Å². The predicted molar refractivity (Wildman–Crippen MR) is 165 cm³/mol. The predicted octanol–water partition coefficient (Wildman–Crippen LogP) is 8.86. The first-order chi connectivity index (χ1) is 19.6. The molecule has 7 aromatic rings. The summed E-state index contributed by atoms with van der Waals surface area (Å²) in [5, 5.41) is 23.5. The van der Waals surface area contributed by atoms with E-state index in [2.05, 4.69) is 23.5 Å². The second kappa shape index (κ2) is 10.2. The van der Waals surface area contributed by atoms with E-state index in [0.717, 1.165) is 54.2 Å². The first kappa shape index (κ1) is 24.4. The van der Waals surface area contributed by atoms with Gasteiger partial charge in [-0.2, -0.15) is 5.10 Å². The molecule has 0 radical (unpaired) electrons. The fraction of sp³-hybridized carbons (Fsp3) is 0.0303. The number of para-hydroxylation sites is 1. The van der Waals surface area contributed by atoms with E-state index in [0.29, 0.717) is 5.02 Å². The van der Waals surface area contributed by atoms with Crippen molar-refractivity contribution in [3.63, 3.8) is 0 Å². The van der Waals surface area contributed by atoms with Crippen LogP contribution in [0.25, 0.3) is 37.9 Å². The van der Waals surface area contributed by atoms with Gasteiger partial charge in [0.1, 0.15) is 5.75 Å². The van der Waals surface area contributed by atoms with Gasteiger partial charge in [0.2, 0.25) is 0 Å². The van der Waals surface area contributed by atoms with Crippen LogP contribution in [0.15, 0.2) is 121 Å². The summed E-state index contributed by atoms with van der Waals surface area (Å²) in [5.41, 5.74) is 5.29. The number of benzene rings is 5. The van der Waals surface area contributed by atoms with E-state index in [-0.39, 0.29) is 5.75 Å². The maximum Gasteiger partial charge on any atom is 0.184 e. The standard InChI is InChI=1S/C33H23ClN4OS/c34-23-16-17-27-29(19-23)40-33(35-27)36-32(30-25-14-8-7-9-21(25)15-18-28(30)39)26-20-38(24-12-5-2-6-13-24)37-31(26)22-10-3-1-4-11-22/h1-20,32,39H,(H,35,36). The van der Waals surface area contributed by atoms with Crippen molar-refractivity contribution in [2.45, 2.75) is 6.04 Å². The second-order valence-electron chi connectivity index (χ2n) is 9.51. The molecule has 1 atom stereocenters. The van der Waals surface area contributed by atoms with Crippen LogP contribution >= 0.6 is 22.9 Å². The molecule has 0 aliphatic rings. The SMILES string of the molecule is Oc1ccc2ccccc2c1C(Nc1nc2ccc(Cl)cc2s1)c1cn(-c2ccccc2)nc1-c1ccccc1. The third-order valence-electron chi connectivity index (χ3n) is 6.98. The molecule has 2 N–H and O–H groups in total. The molecule has 2 aromatic heterocycles. The number of nitrogens with one attached hydrogen (secondary N) is 1. The summed E-state index contributed by atoms with van der Waals surface area (Å²) >= 11 is 7.81. The molecule has 0 aliphatic carbocycles. The monoisotopic (exact) mass is 558 g/mol. The quantitative estimate of drug-likeness (QED) is 0.214. The molecule has 5 aromatic carbocycles. The summed E-state index contributed by atoms with van der Waals surface area (Å²) < 4.78 is 2.88. The van der Waals surface area contributed by atoms with Crippen LogP contribution in [0.1, 0.15) is 17.2 Å². The van der Waals surface area contributed by atoms with Gasteiger partial charge in [-0.1, -0.05) is 102 Å². The van der Waals surface area contributed by atoms with Crippen molar-refractivity contribution in [1.82, 2.24) is 14.8 Å². The van der Waals surface area contributed by atoms with Crippen molar-refractivity contribution in [3.8, 4) is 22.7 Å². The van der Waals surface area contributed by atoms with Crippen LogP contribution < -0.4 is 5.32 Å². The van der Waals surface area contributed by atoms with Crippen LogP contribution in [-0.4, -0.2) is 19.9 Å². The third kappa shape index (κ3) is 4.47. The third-order valence-corrected chi connectivity index (χ3v) is 8.16. The zero-order valence-corrected chi connectivity index (χ0v) is 22.8. The Hall–Kier alpha value is -4.65. The number of thiazole rings is 1. The number of rotatable bonds is 6. The number of hydrogen-bond acceptors (Lipinski definition) is 5. The number of phenols is 1. The highest BCUT2D eigenvalue weighted by Gasteiger charge is 2.27. The van der Waals surface area contributed by atoms with Crippen LogP contribution in [0, 0.1) is 0 Å². The summed E-state index contributed by atoms with van der Waals surface area (Å²) in [5.74, 6) is 0.201. The normalized spacial score (nSPS) is 12.1. The number of fused-ring (bicyclic) bond motifs is 2. The van der Waals surface area contributed by atoms with Crippen LogP contribution in [0.2, 0.25) is 5.02 Å². The number of nitrogens with zero attached hydrogens (tertiary/aromatic N) is 3. The molecule has 40 heavy (non-hydrogen) atoms. The minimum atomic E-state index is -0.463. The number of halogens is 1. The summed E-state index contributed by atoms with van der Waals surface area (Å²) in [6, 6.07) is 37.2. The van der Waals surface area contributed by atoms with Crippen molar-refractivity contribution in [1.29, 1.82) is 0 Å². The van der Waals surface area contributed by atoms with E-state index in [1.54, 1.807) is 6.07 Å². The Morgan fingerprint density at radius 1 is 0.825 bits per heavy atom. The maximum atomic E-state index is 11.4. The smallest absolute Gasteiger partial charge is 0.184 e. The van der Waals surface area contributed by atoms with E-state index < -0.39 is 6.04 Å². The number of aromatic hydroxyl groups is 1. The molecule has 0 spiro atoms. The van der Waals surface area contributed by atoms with Gasteiger partial charge in [-0.3, -0.25) is 0 Å². The lowest BCUT2D eigenvalue weighted by Gasteiger charge is -2.22. The van der Waals surface area contributed by atoms with Gasteiger partial charge < -0.3 is 10.4 Å². The lowest BCUT2D eigenvalue weighted by atomic mass is 9.91. The fourth-order valence-corrected chi connectivity index (χ4v) is 6.28. The molecule has 0 saturated carbocycles. The second-order valence-corrected chi connectivity index (χ2v) is 11.0. The molecule has 0 amide bonds.